The number of ether oxygens (including phenoxy) is 1. The van der Waals surface area contributed by atoms with Crippen molar-refractivity contribution in [3.63, 3.8) is 0 Å². The topological polar surface area (TPSA) is 52.1 Å². The molecule has 2 fully saturated rings. The van der Waals surface area contributed by atoms with E-state index >= 15 is 0 Å². The van der Waals surface area contributed by atoms with Gasteiger partial charge in [-0.15, -0.1) is 0 Å². The first-order valence-corrected chi connectivity index (χ1v) is 10.8. The highest BCUT2D eigenvalue weighted by molar-refractivity contribution is 5.79. The maximum absolute atomic E-state index is 5.24. The Kier molecular flexibility index (Phi) is 10.3. The molecule has 2 rings (SSSR count). The van der Waals surface area contributed by atoms with Crippen LogP contribution in [0.2, 0.25) is 0 Å². The highest BCUT2D eigenvalue weighted by Crippen LogP contribution is 2.18. The Morgan fingerprint density at radius 3 is 2.54 bits per heavy atom. The molecule has 0 spiro atoms. The molecule has 152 valence electrons. The molecule has 6 nitrogen and oxygen atoms in total. The molecule has 0 amide bonds. The summed E-state index contributed by atoms with van der Waals surface area (Å²) in [4.78, 5) is 10.0. The van der Waals surface area contributed by atoms with Crippen molar-refractivity contribution in [3.05, 3.63) is 0 Å². The van der Waals surface area contributed by atoms with E-state index in [1.54, 1.807) is 7.11 Å². The van der Waals surface area contributed by atoms with Crippen molar-refractivity contribution < 1.29 is 4.74 Å². The van der Waals surface area contributed by atoms with Crippen LogP contribution >= 0.6 is 0 Å². The third-order valence-electron chi connectivity index (χ3n) is 5.80. The van der Waals surface area contributed by atoms with E-state index in [-0.39, 0.29) is 0 Å². The molecule has 2 N–H and O–H groups in total. The molecule has 26 heavy (non-hydrogen) atoms. The summed E-state index contributed by atoms with van der Waals surface area (Å²) >= 11 is 0. The van der Waals surface area contributed by atoms with Crippen LogP contribution in [0.25, 0.3) is 0 Å². The molecule has 2 saturated heterocycles. The van der Waals surface area contributed by atoms with Crippen LogP contribution in [0.4, 0.5) is 0 Å². The molecule has 2 atom stereocenters. The normalized spacial score (nSPS) is 25.6. The Labute approximate surface area is 160 Å². The van der Waals surface area contributed by atoms with Gasteiger partial charge >= 0.3 is 0 Å². The average Bonchev–Trinajstić information content (AvgIpc) is 3.12. The predicted octanol–water partition coefficient (Wildman–Crippen LogP) is 1.92. The van der Waals surface area contributed by atoms with Crippen molar-refractivity contribution >= 4 is 5.96 Å². The van der Waals surface area contributed by atoms with E-state index < -0.39 is 0 Å². The minimum Gasteiger partial charge on any atom is -0.383 e. The van der Waals surface area contributed by atoms with E-state index in [2.05, 4.69) is 34.3 Å². The molecule has 2 heterocycles. The summed E-state index contributed by atoms with van der Waals surface area (Å²) in [5.41, 5.74) is 0. The largest absolute Gasteiger partial charge is 0.383 e. The number of nitrogens with one attached hydrogen (secondary N) is 2. The lowest BCUT2D eigenvalue weighted by molar-refractivity contribution is 0.142. The number of rotatable bonds is 10. The molecule has 0 saturated carbocycles. The van der Waals surface area contributed by atoms with Gasteiger partial charge < -0.3 is 15.4 Å². The number of piperidine rings is 1. The summed E-state index contributed by atoms with van der Waals surface area (Å²) in [6, 6.07) is 1.34. The number of aliphatic imine (C=N–C) groups is 1. The van der Waals surface area contributed by atoms with Gasteiger partial charge in [0.05, 0.1) is 13.2 Å². The van der Waals surface area contributed by atoms with Crippen molar-refractivity contribution in [2.45, 2.75) is 64.5 Å². The van der Waals surface area contributed by atoms with E-state index in [1.165, 1.54) is 51.6 Å². The summed E-state index contributed by atoms with van der Waals surface area (Å²) in [6.45, 7) is 12.6. The van der Waals surface area contributed by atoms with E-state index in [4.69, 9.17) is 9.73 Å². The summed E-state index contributed by atoms with van der Waals surface area (Å²) in [6.07, 6.45) is 7.91. The third-order valence-corrected chi connectivity index (χ3v) is 5.80. The molecule has 2 unspecified atom stereocenters. The van der Waals surface area contributed by atoms with Crippen molar-refractivity contribution in [1.82, 2.24) is 20.4 Å². The molecule has 0 aromatic heterocycles. The zero-order chi connectivity index (χ0) is 18.6. The van der Waals surface area contributed by atoms with E-state index in [1.807, 2.05) is 0 Å². The van der Waals surface area contributed by atoms with Crippen molar-refractivity contribution in [1.29, 1.82) is 0 Å². The van der Waals surface area contributed by atoms with E-state index in [9.17, 15) is 0 Å². The molecule has 2 aliphatic rings. The second kappa shape index (κ2) is 12.5. The number of nitrogens with zero attached hydrogens (tertiary/aromatic N) is 3. The second-order valence-corrected chi connectivity index (χ2v) is 7.57. The lowest BCUT2D eigenvalue weighted by Gasteiger charge is -2.35. The summed E-state index contributed by atoms with van der Waals surface area (Å²) in [7, 11) is 1.78. The first-order valence-electron chi connectivity index (χ1n) is 10.8. The number of methoxy groups -OCH3 is 1. The van der Waals surface area contributed by atoms with Gasteiger partial charge in [0.1, 0.15) is 0 Å². The van der Waals surface area contributed by atoms with Crippen LogP contribution in [0.15, 0.2) is 4.99 Å². The van der Waals surface area contributed by atoms with Crippen LogP contribution in [0.3, 0.4) is 0 Å². The van der Waals surface area contributed by atoms with Gasteiger partial charge in [0.15, 0.2) is 5.96 Å². The Hall–Kier alpha value is -0.850. The third kappa shape index (κ3) is 7.05. The lowest BCUT2D eigenvalue weighted by atomic mass is 10.0. The molecule has 2 aliphatic heterocycles. The maximum atomic E-state index is 5.24. The molecule has 6 heteroatoms. The smallest absolute Gasteiger partial charge is 0.191 e. The maximum Gasteiger partial charge on any atom is 0.191 e. The highest BCUT2D eigenvalue weighted by atomic mass is 16.5. The Balaban J connectivity index is 1.76. The van der Waals surface area contributed by atoms with Crippen LogP contribution in [0.5, 0.6) is 0 Å². The molecule has 0 aromatic rings. The van der Waals surface area contributed by atoms with E-state index in [0.717, 1.165) is 51.3 Å². The number of hydrogen-bond donors (Lipinski definition) is 2. The fraction of sp³-hybridized carbons (Fsp3) is 0.950. The van der Waals surface area contributed by atoms with E-state index in [0.29, 0.717) is 6.04 Å². The monoisotopic (exact) mass is 367 g/mol. The average molecular weight is 368 g/mol. The van der Waals surface area contributed by atoms with Gasteiger partial charge in [0, 0.05) is 45.4 Å². The van der Waals surface area contributed by atoms with Crippen LogP contribution in [0, 0.1) is 0 Å². The quantitative estimate of drug-likeness (QED) is 0.456. The molecule has 0 bridgehead atoms. The number of likely N-dealkylation sites (tertiary alicyclic amines) is 2. The minimum absolute atomic E-state index is 0.562. The van der Waals surface area contributed by atoms with Crippen LogP contribution in [-0.4, -0.2) is 87.4 Å². The fourth-order valence-electron chi connectivity index (χ4n) is 4.28. The van der Waals surface area contributed by atoms with Crippen molar-refractivity contribution in [3.8, 4) is 0 Å². The SMILES string of the molecule is CCNC(=NCC1CCCN1CCOC)NCCN1CCCCC1CC. The Bertz CT molecular complexity index is 404. The molecular weight excluding hydrogens is 326 g/mol. The molecule has 0 radical (unpaired) electrons. The highest BCUT2D eigenvalue weighted by Gasteiger charge is 2.24. The van der Waals surface area contributed by atoms with Gasteiger partial charge in [-0.25, -0.2) is 0 Å². The van der Waals surface area contributed by atoms with Gasteiger partial charge in [0.25, 0.3) is 0 Å². The van der Waals surface area contributed by atoms with Crippen molar-refractivity contribution in [2.24, 2.45) is 4.99 Å². The molecule has 0 aliphatic carbocycles. The fourth-order valence-corrected chi connectivity index (χ4v) is 4.28. The first-order chi connectivity index (χ1) is 12.8. The zero-order valence-corrected chi connectivity index (χ0v) is 17.3. The lowest BCUT2D eigenvalue weighted by Crippen LogP contribution is -2.46. The van der Waals surface area contributed by atoms with Crippen LogP contribution in [0.1, 0.15) is 52.4 Å². The van der Waals surface area contributed by atoms with Crippen LogP contribution in [-0.2, 0) is 4.74 Å². The van der Waals surface area contributed by atoms with Crippen molar-refractivity contribution in [2.75, 3.05) is 59.5 Å². The van der Waals surface area contributed by atoms with Gasteiger partial charge in [-0.1, -0.05) is 13.3 Å². The number of hydrogen-bond acceptors (Lipinski definition) is 4. The summed E-state index contributed by atoms with van der Waals surface area (Å²) < 4.78 is 5.24. The minimum atomic E-state index is 0.562. The standard InChI is InChI=1S/C20H41N5O/c1-4-18-9-6-7-12-24(18)14-11-22-20(21-5-2)23-17-19-10-8-13-25(19)15-16-26-3/h18-19H,4-17H2,1-3H3,(H2,21,22,23). The van der Waals surface area contributed by atoms with Gasteiger partial charge in [-0.3, -0.25) is 14.8 Å². The molecular formula is C20H41N5O. The first kappa shape index (κ1) is 21.5. The Morgan fingerprint density at radius 1 is 1.00 bits per heavy atom. The Morgan fingerprint density at radius 2 is 1.77 bits per heavy atom. The molecule has 0 aromatic carbocycles. The van der Waals surface area contributed by atoms with Gasteiger partial charge in [0.2, 0.25) is 0 Å². The predicted molar refractivity (Wildman–Crippen MR) is 110 cm³/mol. The van der Waals surface area contributed by atoms with Crippen LogP contribution < -0.4 is 10.6 Å². The van der Waals surface area contributed by atoms with Gasteiger partial charge in [-0.2, -0.15) is 0 Å². The van der Waals surface area contributed by atoms with Gasteiger partial charge in [-0.05, 0) is 52.1 Å². The zero-order valence-electron chi connectivity index (χ0n) is 17.3. The summed E-state index contributed by atoms with van der Waals surface area (Å²) in [5, 5.41) is 6.95. The number of guanidine groups is 1. The second-order valence-electron chi connectivity index (χ2n) is 7.57. The summed E-state index contributed by atoms with van der Waals surface area (Å²) in [5.74, 6) is 0.969.